The maximum atomic E-state index is 12.7. The van der Waals surface area contributed by atoms with Gasteiger partial charge >= 0.3 is 0 Å². The van der Waals surface area contributed by atoms with Crippen LogP contribution in [0.3, 0.4) is 0 Å². The van der Waals surface area contributed by atoms with Gasteiger partial charge in [-0.25, -0.2) is 0 Å². The first-order valence-corrected chi connectivity index (χ1v) is 13.7. The van der Waals surface area contributed by atoms with Gasteiger partial charge in [0.2, 0.25) is 0 Å². The molecule has 0 unspecified atom stereocenters. The Labute approximate surface area is 210 Å². The Morgan fingerprint density at radius 2 is 1.06 bits per heavy atom. The highest BCUT2D eigenvalue weighted by atomic mass is 32.2. The second-order valence-corrected chi connectivity index (χ2v) is 10.7. The summed E-state index contributed by atoms with van der Waals surface area (Å²) in [6, 6.07) is 27.1. The molecular formula is C28H22O6S2. The maximum absolute atomic E-state index is 12.7. The highest BCUT2D eigenvalue weighted by Crippen LogP contribution is 2.35. The Balaban J connectivity index is 1.93. The van der Waals surface area contributed by atoms with Crippen molar-refractivity contribution >= 4 is 44.5 Å². The van der Waals surface area contributed by atoms with Crippen LogP contribution in [-0.4, -0.2) is 25.9 Å². The first-order chi connectivity index (χ1) is 17.1. The third kappa shape index (κ3) is 6.05. The number of hydrogen-bond donors (Lipinski definition) is 2. The van der Waals surface area contributed by atoms with E-state index < -0.39 is 20.2 Å². The zero-order valence-corrected chi connectivity index (χ0v) is 20.5. The molecular weight excluding hydrogens is 496 g/mol. The maximum Gasteiger partial charge on any atom is 0.295 e. The average Bonchev–Trinajstić information content (AvgIpc) is 2.86. The molecule has 0 aliphatic carbocycles. The molecule has 4 aromatic carbocycles. The van der Waals surface area contributed by atoms with Crippen LogP contribution in [-0.2, 0) is 20.2 Å². The quantitative estimate of drug-likeness (QED) is 0.223. The summed E-state index contributed by atoms with van der Waals surface area (Å²) in [5.41, 5.74) is 3.10. The Bertz CT molecular complexity index is 1640. The molecule has 6 nitrogen and oxygen atoms in total. The number of rotatable bonds is 7. The predicted octanol–water partition coefficient (Wildman–Crippen LogP) is 6.19. The van der Waals surface area contributed by atoms with Crippen molar-refractivity contribution in [2.45, 2.75) is 9.79 Å². The normalized spacial score (nSPS) is 12.4. The van der Waals surface area contributed by atoms with Crippen LogP contribution in [0.25, 0.3) is 35.4 Å². The van der Waals surface area contributed by atoms with E-state index in [0.717, 1.165) is 11.1 Å². The first-order valence-electron chi connectivity index (χ1n) is 10.8. The lowest BCUT2D eigenvalue weighted by atomic mass is 9.97. The molecule has 8 heteroatoms. The summed E-state index contributed by atoms with van der Waals surface area (Å²) in [6.45, 7) is 0. The fourth-order valence-corrected chi connectivity index (χ4v) is 5.15. The molecule has 0 spiro atoms. The lowest BCUT2D eigenvalue weighted by Gasteiger charge is -2.14. The smallest absolute Gasteiger partial charge is 0.282 e. The third-order valence-corrected chi connectivity index (χ3v) is 7.27. The van der Waals surface area contributed by atoms with Gasteiger partial charge in [0, 0.05) is 11.1 Å². The predicted molar refractivity (Wildman–Crippen MR) is 142 cm³/mol. The van der Waals surface area contributed by atoms with Crippen molar-refractivity contribution in [1.82, 2.24) is 0 Å². The Hall–Kier alpha value is -3.82. The van der Waals surface area contributed by atoms with Crippen LogP contribution in [0.15, 0.2) is 107 Å². The van der Waals surface area contributed by atoms with Gasteiger partial charge in [-0.15, -0.1) is 0 Å². The van der Waals surface area contributed by atoms with Crippen molar-refractivity contribution in [3.63, 3.8) is 0 Å². The first kappa shape index (κ1) is 25.3. The van der Waals surface area contributed by atoms with Crippen molar-refractivity contribution in [2.75, 3.05) is 0 Å². The van der Waals surface area contributed by atoms with Crippen LogP contribution in [0.1, 0.15) is 22.3 Å². The van der Waals surface area contributed by atoms with Gasteiger partial charge in [-0.1, -0.05) is 109 Å². The molecule has 0 saturated heterocycles. The molecule has 0 aliphatic heterocycles. The van der Waals surface area contributed by atoms with E-state index in [0.29, 0.717) is 11.1 Å². The standard InChI is InChI=1S/C28H22O6S2/c29-35(30,31)25-17-14-24(15-18-25)27-20-16-23(13-11-21-7-3-1-4-8-21)26(28(27)36(32,33)34)19-12-22-9-5-2-6-10-22/h1-20H,(H,29,30,31)(H,32,33,34). The van der Waals surface area contributed by atoms with E-state index in [2.05, 4.69) is 0 Å². The van der Waals surface area contributed by atoms with Crippen molar-refractivity contribution in [3.8, 4) is 11.1 Å². The highest BCUT2D eigenvalue weighted by Gasteiger charge is 2.23. The second kappa shape index (κ2) is 10.4. The SMILES string of the molecule is O=S(=O)(O)c1ccc(-c2ccc(C=Cc3ccccc3)c(C=Cc3ccccc3)c2S(=O)(=O)O)cc1. The number of hydrogen-bond acceptors (Lipinski definition) is 4. The van der Waals surface area contributed by atoms with E-state index in [1.54, 1.807) is 30.4 Å². The summed E-state index contributed by atoms with van der Waals surface area (Å²) in [7, 11) is -9.13. The summed E-state index contributed by atoms with van der Waals surface area (Å²) in [5, 5.41) is 0. The molecule has 0 amide bonds. The van der Waals surface area contributed by atoms with E-state index in [1.807, 2.05) is 66.7 Å². The summed E-state index contributed by atoms with van der Waals surface area (Å²) in [5.74, 6) is 0. The molecule has 0 saturated carbocycles. The van der Waals surface area contributed by atoms with Crippen LogP contribution in [0.4, 0.5) is 0 Å². The van der Waals surface area contributed by atoms with E-state index in [9.17, 15) is 25.9 Å². The van der Waals surface area contributed by atoms with Gasteiger partial charge in [0.1, 0.15) is 4.90 Å². The van der Waals surface area contributed by atoms with Gasteiger partial charge in [0.05, 0.1) is 4.90 Å². The summed E-state index contributed by atoms with van der Waals surface area (Å²) in [4.78, 5) is -0.643. The Kier molecular flexibility index (Phi) is 7.32. The van der Waals surface area contributed by atoms with E-state index in [4.69, 9.17) is 0 Å². The van der Waals surface area contributed by atoms with E-state index in [-0.39, 0.29) is 20.9 Å². The number of benzene rings is 4. The highest BCUT2D eigenvalue weighted by molar-refractivity contribution is 7.86. The Morgan fingerprint density at radius 1 is 0.528 bits per heavy atom. The minimum absolute atomic E-state index is 0.184. The molecule has 0 bridgehead atoms. The van der Waals surface area contributed by atoms with E-state index >= 15 is 0 Å². The molecule has 0 aromatic heterocycles. The minimum Gasteiger partial charge on any atom is -0.282 e. The van der Waals surface area contributed by atoms with Crippen molar-refractivity contribution in [1.29, 1.82) is 0 Å². The van der Waals surface area contributed by atoms with Crippen LogP contribution >= 0.6 is 0 Å². The third-order valence-electron chi connectivity index (χ3n) is 5.45. The Morgan fingerprint density at radius 3 is 1.56 bits per heavy atom. The van der Waals surface area contributed by atoms with Crippen LogP contribution in [0.5, 0.6) is 0 Å². The molecule has 0 aliphatic rings. The zero-order valence-electron chi connectivity index (χ0n) is 18.9. The lowest BCUT2D eigenvalue weighted by Crippen LogP contribution is -2.05. The summed E-state index contributed by atoms with van der Waals surface area (Å²) in [6.07, 6.45) is 6.97. The van der Waals surface area contributed by atoms with Gasteiger partial charge < -0.3 is 0 Å². The van der Waals surface area contributed by atoms with Crippen molar-refractivity contribution in [3.05, 3.63) is 119 Å². The van der Waals surface area contributed by atoms with Crippen molar-refractivity contribution < 1.29 is 25.9 Å². The van der Waals surface area contributed by atoms with Crippen LogP contribution < -0.4 is 0 Å². The topological polar surface area (TPSA) is 109 Å². The second-order valence-electron chi connectivity index (χ2n) is 7.91. The van der Waals surface area contributed by atoms with Gasteiger partial charge in [-0.05, 0) is 34.4 Å². The molecule has 4 aromatic rings. The summed E-state index contributed by atoms with van der Waals surface area (Å²) < 4.78 is 67.7. The lowest BCUT2D eigenvalue weighted by molar-refractivity contribution is 0.480. The van der Waals surface area contributed by atoms with Gasteiger partial charge in [0.25, 0.3) is 20.2 Å². The molecule has 182 valence electrons. The zero-order chi connectivity index (χ0) is 25.8. The fraction of sp³-hybridized carbons (Fsp3) is 0. The molecule has 0 atom stereocenters. The van der Waals surface area contributed by atoms with Gasteiger partial charge in [-0.3, -0.25) is 9.11 Å². The monoisotopic (exact) mass is 518 g/mol. The molecule has 0 fully saturated rings. The fourth-order valence-electron chi connectivity index (χ4n) is 3.74. The molecule has 2 N–H and O–H groups in total. The molecule has 36 heavy (non-hydrogen) atoms. The van der Waals surface area contributed by atoms with Gasteiger partial charge in [-0.2, -0.15) is 16.8 Å². The minimum atomic E-state index is -4.71. The van der Waals surface area contributed by atoms with Gasteiger partial charge in [0.15, 0.2) is 0 Å². The van der Waals surface area contributed by atoms with E-state index in [1.165, 1.54) is 24.3 Å². The van der Waals surface area contributed by atoms with Crippen LogP contribution in [0.2, 0.25) is 0 Å². The average molecular weight is 519 g/mol. The molecule has 0 radical (unpaired) electrons. The largest absolute Gasteiger partial charge is 0.295 e. The summed E-state index contributed by atoms with van der Waals surface area (Å²) >= 11 is 0. The van der Waals surface area contributed by atoms with Crippen LogP contribution in [0, 0.1) is 0 Å². The molecule has 0 heterocycles. The van der Waals surface area contributed by atoms with Crippen molar-refractivity contribution in [2.24, 2.45) is 0 Å². The molecule has 4 rings (SSSR count).